The molecule has 0 saturated carbocycles. The molecule has 0 radical (unpaired) electrons. The van der Waals surface area contributed by atoms with Crippen molar-refractivity contribution in [1.82, 2.24) is 10.2 Å². The lowest BCUT2D eigenvalue weighted by Crippen LogP contribution is -2.59. The number of hydrogen-bond donors (Lipinski definition) is 2. The van der Waals surface area contributed by atoms with Gasteiger partial charge in [-0.2, -0.15) is 0 Å². The van der Waals surface area contributed by atoms with Crippen molar-refractivity contribution in [2.75, 3.05) is 26.7 Å². The molecule has 2 atom stereocenters. The number of terminal acetylenes is 1. The largest absolute Gasteiger partial charge is 0.329 e. The number of nitrogens with one attached hydrogen (secondary N) is 1. The monoisotopic (exact) mass is 195 g/mol. The van der Waals surface area contributed by atoms with Crippen LogP contribution < -0.4 is 11.1 Å². The highest BCUT2D eigenvalue weighted by molar-refractivity contribution is 5.00. The second-order valence-corrected chi connectivity index (χ2v) is 4.33. The van der Waals surface area contributed by atoms with Crippen LogP contribution in [0.5, 0.6) is 0 Å². The minimum Gasteiger partial charge on any atom is -0.329 e. The smallest absolute Gasteiger partial charge is 0.0578 e. The Hall–Kier alpha value is -0.560. The first-order valence-electron chi connectivity index (χ1n) is 5.22. The van der Waals surface area contributed by atoms with Gasteiger partial charge in [-0.3, -0.25) is 5.32 Å². The summed E-state index contributed by atoms with van der Waals surface area (Å²) >= 11 is 0. The fraction of sp³-hybridized carbons (Fsp3) is 0.818. The molecule has 3 N–H and O–H groups in total. The molecule has 14 heavy (non-hydrogen) atoms. The summed E-state index contributed by atoms with van der Waals surface area (Å²) in [5, 5.41) is 3.40. The molecule has 0 bridgehead atoms. The molecular formula is C11H21N3. The molecule has 2 unspecified atom stereocenters. The van der Waals surface area contributed by atoms with Crippen LogP contribution in [-0.2, 0) is 0 Å². The van der Waals surface area contributed by atoms with Crippen molar-refractivity contribution in [3.05, 3.63) is 0 Å². The van der Waals surface area contributed by atoms with E-state index in [1.807, 2.05) is 0 Å². The minimum absolute atomic E-state index is 0.0678. The Morgan fingerprint density at radius 3 is 2.93 bits per heavy atom. The third kappa shape index (κ3) is 2.48. The molecule has 0 spiro atoms. The second-order valence-electron chi connectivity index (χ2n) is 4.33. The van der Waals surface area contributed by atoms with Crippen molar-refractivity contribution in [3.63, 3.8) is 0 Å². The van der Waals surface area contributed by atoms with Crippen LogP contribution in [0.2, 0.25) is 0 Å². The van der Waals surface area contributed by atoms with Crippen LogP contribution in [0.4, 0.5) is 0 Å². The topological polar surface area (TPSA) is 41.3 Å². The van der Waals surface area contributed by atoms with Crippen LogP contribution in [0.1, 0.15) is 19.8 Å². The van der Waals surface area contributed by atoms with E-state index in [1.54, 1.807) is 0 Å². The molecule has 1 saturated heterocycles. The van der Waals surface area contributed by atoms with E-state index in [4.69, 9.17) is 12.2 Å². The van der Waals surface area contributed by atoms with Gasteiger partial charge in [-0.1, -0.05) is 5.92 Å². The Morgan fingerprint density at radius 1 is 1.71 bits per heavy atom. The van der Waals surface area contributed by atoms with Crippen molar-refractivity contribution in [1.29, 1.82) is 0 Å². The molecule has 0 amide bonds. The Kier molecular flexibility index (Phi) is 3.94. The summed E-state index contributed by atoms with van der Waals surface area (Å²) in [4.78, 5) is 2.37. The number of hydrogen-bond acceptors (Lipinski definition) is 3. The summed E-state index contributed by atoms with van der Waals surface area (Å²) in [7, 11) is 2.16. The van der Waals surface area contributed by atoms with Crippen molar-refractivity contribution in [2.24, 2.45) is 5.73 Å². The summed E-state index contributed by atoms with van der Waals surface area (Å²) in [6.45, 7) is 4.62. The molecule has 0 aromatic rings. The lowest BCUT2D eigenvalue weighted by molar-refractivity contribution is 0.114. The molecule has 80 valence electrons. The standard InChI is InChI=1S/C11H21N3/c1-4-6-13-11(9-12)5-7-14(3)10(2)8-11/h1,10,13H,5-9,12H2,2-3H3. The fourth-order valence-electron chi connectivity index (χ4n) is 2.09. The highest BCUT2D eigenvalue weighted by atomic mass is 15.2. The van der Waals surface area contributed by atoms with Gasteiger partial charge in [0.05, 0.1) is 6.54 Å². The van der Waals surface area contributed by atoms with E-state index in [1.165, 1.54) is 0 Å². The maximum atomic E-state index is 5.84. The molecule has 1 fully saturated rings. The van der Waals surface area contributed by atoms with Gasteiger partial charge in [-0.25, -0.2) is 0 Å². The van der Waals surface area contributed by atoms with Gasteiger partial charge in [-0.05, 0) is 33.4 Å². The van der Waals surface area contributed by atoms with E-state index in [0.717, 1.165) is 19.4 Å². The first-order chi connectivity index (χ1) is 6.63. The SMILES string of the molecule is C#CCNC1(CN)CCN(C)C(C)C1. The van der Waals surface area contributed by atoms with Crippen LogP contribution >= 0.6 is 0 Å². The quantitative estimate of drug-likeness (QED) is 0.624. The maximum absolute atomic E-state index is 5.84. The van der Waals surface area contributed by atoms with E-state index < -0.39 is 0 Å². The van der Waals surface area contributed by atoms with Crippen molar-refractivity contribution < 1.29 is 0 Å². The van der Waals surface area contributed by atoms with E-state index in [0.29, 0.717) is 19.1 Å². The minimum atomic E-state index is 0.0678. The van der Waals surface area contributed by atoms with Gasteiger partial charge in [0.15, 0.2) is 0 Å². The molecule has 0 aromatic heterocycles. The highest BCUT2D eigenvalue weighted by Crippen LogP contribution is 2.24. The number of likely N-dealkylation sites (tertiary alicyclic amines) is 1. The Balaban J connectivity index is 2.58. The second kappa shape index (κ2) is 4.79. The molecule has 0 aliphatic carbocycles. The number of piperidine rings is 1. The summed E-state index contributed by atoms with van der Waals surface area (Å²) in [5.41, 5.74) is 5.90. The third-order valence-corrected chi connectivity index (χ3v) is 3.34. The van der Waals surface area contributed by atoms with Crippen LogP contribution in [0.15, 0.2) is 0 Å². The summed E-state index contributed by atoms with van der Waals surface area (Å²) in [6.07, 6.45) is 7.43. The average Bonchev–Trinajstić information content (AvgIpc) is 2.20. The first-order valence-corrected chi connectivity index (χ1v) is 5.22. The average molecular weight is 195 g/mol. The Labute approximate surface area is 87.0 Å². The summed E-state index contributed by atoms with van der Waals surface area (Å²) < 4.78 is 0. The molecule has 1 heterocycles. The molecule has 3 nitrogen and oxygen atoms in total. The van der Waals surface area contributed by atoms with Gasteiger partial charge in [0.1, 0.15) is 0 Å². The zero-order valence-corrected chi connectivity index (χ0v) is 9.21. The number of rotatable bonds is 3. The normalized spacial score (nSPS) is 34.0. The van der Waals surface area contributed by atoms with Gasteiger partial charge in [0.25, 0.3) is 0 Å². The van der Waals surface area contributed by atoms with Crippen LogP contribution in [0, 0.1) is 12.3 Å². The van der Waals surface area contributed by atoms with Crippen LogP contribution in [0.3, 0.4) is 0 Å². The summed E-state index contributed by atoms with van der Waals surface area (Å²) in [5.74, 6) is 2.62. The number of nitrogens with zero attached hydrogens (tertiary/aromatic N) is 1. The molecule has 1 rings (SSSR count). The van der Waals surface area contributed by atoms with Crippen molar-refractivity contribution in [3.8, 4) is 12.3 Å². The van der Waals surface area contributed by atoms with Crippen LogP contribution in [-0.4, -0.2) is 43.2 Å². The van der Waals surface area contributed by atoms with Gasteiger partial charge in [-0.15, -0.1) is 6.42 Å². The van der Waals surface area contributed by atoms with Crippen molar-refractivity contribution >= 4 is 0 Å². The van der Waals surface area contributed by atoms with Gasteiger partial charge in [0, 0.05) is 18.1 Å². The lowest BCUT2D eigenvalue weighted by Gasteiger charge is -2.44. The molecule has 1 aliphatic rings. The van der Waals surface area contributed by atoms with Crippen LogP contribution in [0.25, 0.3) is 0 Å². The Morgan fingerprint density at radius 2 is 2.43 bits per heavy atom. The van der Waals surface area contributed by atoms with E-state index in [9.17, 15) is 0 Å². The van der Waals surface area contributed by atoms with E-state index in [-0.39, 0.29) is 5.54 Å². The molecule has 1 aliphatic heterocycles. The summed E-state index contributed by atoms with van der Waals surface area (Å²) in [6, 6.07) is 0.581. The third-order valence-electron chi connectivity index (χ3n) is 3.34. The molecule has 0 aromatic carbocycles. The fourth-order valence-corrected chi connectivity index (χ4v) is 2.09. The zero-order valence-electron chi connectivity index (χ0n) is 9.21. The number of nitrogens with two attached hydrogens (primary N) is 1. The van der Waals surface area contributed by atoms with Gasteiger partial charge >= 0.3 is 0 Å². The van der Waals surface area contributed by atoms with Crippen molar-refractivity contribution in [2.45, 2.75) is 31.3 Å². The predicted octanol–water partition coefficient (Wildman–Crippen LogP) is 0.0208. The van der Waals surface area contributed by atoms with Gasteiger partial charge < -0.3 is 10.6 Å². The molecular weight excluding hydrogens is 174 g/mol. The lowest BCUT2D eigenvalue weighted by atomic mass is 9.84. The van der Waals surface area contributed by atoms with E-state index >= 15 is 0 Å². The van der Waals surface area contributed by atoms with E-state index in [2.05, 4.69) is 30.1 Å². The van der Waals surface area contributed by atoms with Gasteiger partial charge in [0.2, 0.25) is 0 Å². The predicted molar refractivity (Wildman–Crippen MR) is 59.9 cm³/mol. The zero-order chi connectivity index (χ0) is 10.6. The maximum Gasteiger partial charge on any atom is 0.0578 e. The highest BCUT2D eigenvalue weighted by Gasteiger charge is 2.35. The molecule has 3 heteroatoms. The first kappa shape index (κ1) is 11.5. The Bertz CT molecular complexity index is 221.